The van der Waals surface area contributed by atoms with Gasteiger partial charge in [-0.15, -0.1) is 0 Å². The molecule has 0 spiro atoms. The van der Waals surface area contributed by atoms with Crippen molar-refractivity contribution in [3.05, 3.63) is 12.4 Å². The number of hydrogen-bond donors (Lipinski definition) is 2. The summed E-state index contributed by atoms with van der Waals surface area (Å²) in [6, 6.07) is 0. The van der Waals surface area contributed by atoms with E-state index in [9.17, 15) is 0 Å². The minimum Gasteiger partial charge on any atom is -0.354 e. The van der Waals surface area contributed by atoms with Crippen molar-refractivity contribution in [2.75, 3.05) is 44.6 Å². The van der Waals surface area contributed by atoms with Crippen LogP contribution in [0, 0.1) is 0 Å². The van der Waals surface area contributed by atoms with Crippen LogP contribution in [0.4, 0.5) is 5.95 Å². The lowest BCUT2D eigenvalue weighted by Crippen LogP contribution is -2.45. The number of aryl methyl sites for hydroxylation is 1. The van der Waals surface area contributed by atoms with Gasteiger partial charge in [-0.3, -0.25) is 4.90 Å². The van der Waals surface area contributed by atoms with E-state index in [-0.39, 0.29) is 0 Å². The van der Waals surface area contributed by atoms with Gasteiger partial charge in [-0.2, -0.15) is 0 Å². The maximum atomic E-state index is 4.29. The van der Waals surface area contributed by atoms with Gasteiger partial charge >= 0.3 is 0 Å². The van der Waals surface area contributed by atoms with Gasteiger partial charge in [-0.05, 0) is 6.92 Å². The quantitative estimate of drug-likeness (QED) is 0.749. The molecule has 16 heavy (non-hydrogen) atoms. The zero-order valence-electron chi connectivity index (χ0n) is 9.95. The third-order valence-electron chi connectivity index (χ3n) is 2.98. The zero-order chi connectivity index (χ0) is 11.2. The van der Waals surface area contributed by atoms with Gasteiger partial charge in [0, 0.05) is 58.2 Å². The number of piperazine rings is 1. The molecule has 1 aromatic rings. The molecule has 0 aliphatic carbocycles. The molecule has 0 amide bonds. The van der Waals surface area contributed by atoms with E-state index in [4.69, 9.17) is 0 Å². The molecule has 90 valence electrons. The van der Waals surface area contributed by atoms with E-state index >= 15 is 0 Å². The predicted molar refractivity (Wildman–Crippen MR) is 65.7 cm³/mol. The lowest BCUT2D eigenvalue weighted by molar-refractivity contribution is 0.249. The molecular weight excluding hydrogens is 202 g/mol. The molecule has 1 aliphatic rings. The van der Waals surface area contributed by atoms with Crippen LogP contribution in [-0.4, -0.2) is 53.7 Å². The van der Waals surface area contributed by atoms with Crippen molar-refractivity contribution >= 4 is 5.95 Å². The van der Waals surface area contributed by atoms with E-state index in [1.807, 2.05) is 12.4 Å². The van der Waals surface area contributed by atoms with Crippen LogP contribution in [0.15, 0.2) is 12.4 Å². The predicted octanol–water partition coefficient (Wildman–Crippen LogP) is 0.220. The van der Waals surface area contributed by atoms with Crippen molar-refractivity contribution in [2.24, 2.45) is 0 Å². The second-order valence-corrected chi connectivity index (χ2v) is 4.06. The lowest BCUT2D eigenvalue weighted by atomic mass is 10.3. The fourth-order valence-electron chi connectivity index (χ4n) is 1.99. The van der Waals surface area contributed by atoms with Crippen LogP contribution in [0.2, 0.25) is 0 Å². The number of nitrogens with zero attached hydrogens (tertiary/aromatic N) is 3. The van der Waals surface area contributed by atoms with Crippen molar-refractivity contribution < 1.29 is 0 Å². The van der Waals surface area contributed by atoms with Gasteiger partial charge < -0.3 is 15.2 Å². The fraction of sp³-hybridized carbons (Fsp3) is 0.727. The molecule has 0 radical (unpaired) electrons. The molecule has 2 rings (SSSR count). The Balaban J connectivity index is 1.71. The Morgan fingerprint density at radius 1 is 1.44 bits per heavy atom. The highest BCUT2D eigenvalue weighted by Crippen LogP contribution is 2.03. The standard InChI is InChI=1S/C11H21N5/c1-2-16-10-6-14-11(16)13-5-9-15-7-3-12-4-8-15/h6,10,12H,2-5,7-9H2,1H3,(H,13,14). The lowest BCUT2D eigenvalue weighted by Gasteiger charge is -2.27. The highest BCUT2D eigenvalue weighted by Gasteiger charge is 2.08. The molecule has 5 heteroatoms. The Kier molecular flexibility index (Phi) is 4.18. The summed E-state index contributed by atoms with van der Waals surface area (Å²) in [5.41, 5.74) is 0. The largest absolute Gasteiger partial charge is 0.354 e. The topological polar surface area (TPSA) is 45.1 Å². The smallest absolute Gasteiger partial charge is 0.202 e. The zero-order valence-corrected chi connectivity index (χ0v) is 9.95. The van der Waals surface area contributed by atoms with E-state index in [0.717, 1.165) is 51.8 Å². The van der Waals surface area contributed by atoms with Crippen molar-refractivity contribution in [1.82, 2.24) is 19.8 Å². The molecular formula is C11H21N5. The highest BCUT2D eigenvalue weighted by atomic mass is 15.2. The maximum absolute atomic E-state index is 4.29. The Bertz CT molecular complexity index is 303. The van der Waals surface area contributed by atoms with Gasteiger partial charge in [-0.1, -0.05) is 0 Å². The van der Waals surface area contributed by atoms with Gasteiger partial charge in [0.15, 0.2) is 0 Å². The Morgan fingerprint density at radius 3 is 3.00 bits per heavy atom. The second kappa shape index (κ2) is 5.86. The summed E-state index contributed by atoms with van der Waals surface area (Å²) < 4.78 is 2.12. The summed E-state index contributed by atoms with van der Waals surface area (Å²) in [4.78, 5) is 6.77. The molecule has 2 N–H and O–H groups in total. The minimum absolute atomic E-state index is 0.968. The third-order valence-corrected chi connectivity index (χ3v) is 2.98. The monoisotopic (exact) mass is 223 g/mol. The van der Waals surface area contributed by atoms with E-state index in [1.165, 1.54) is 0 Å². The SMILES string of the molecule is CCn1ccnc1NCCN1CCNCC1. The van der Waals surface area contributed by atoms with Crippen LogP contribution < -0.4 is 10.6 Å². The van der Waals surface area contributed by atoms with Crippen LogP contribution in [0.3, 0.4) is 0 Å². The molecule has 1 saturated heterocycles. The first kappa shape index (κ1) is 11.4. The number of imidazole rings is 1. The molecule has 0 atom stereocenters. The molecule has 0 aromatic carbocycles. The van der Waals surface area contributed by atoms with Crippen LogP contribution in [0.1, 0.15) is 6.92 Å². The van der Waals surface area contributed by atoms with Crippen LogP contribution >= 0.6 is 0 Å². The first-order valence-electron chi connectivity index (χ1n) is 6.08. The summed E-state index contributed by atoms with van der Waals surface area (Å²) in [5.74, 6) is 0.984. The van der Waals surface area contributed by atoms with Gasteiger partial charge in [0.25, 0.3) is 0 Å². The molecule has 2 heterocycles. The van der Waals surface area contributed by atoms with Gasteiger partial charge in [0.2, 0.25) is 5.95 Å². The number of hydrogen-bond acceptors (Lipinski definition) is 4. The Hall–Kier alpha value is -1.07. The van der Waals surface area contributed by atoms with Crippen molar-refractivity contribution in [3.63, 3.8) is 0 Å². The minimum atomic E-state index is 0.968. The van der Waals surface area contributed by atoms with Gasteiger partial charge in [0.1, 0.15) is 0 Å². The highest BCUT2D eigenvalue weighted by molar-refractivity contribution is 5.25. The molecule has 0 saturated carbocycles. The molecule has 0 bridgehead atoms. The molecule has 1 aliphatic heterocycles. The molecule has 1 aromatic heterocycles. The number of anilines is 1. The van der Waals surface area contributed by atoms with E-state index in [2.05, 4.69) is 32.0 Å². The van der Waals surface area contributed by atoms with Crippen LogP contribution in [0.25, 0.3) is 0 Å². The Labute approximate surface area is 96.8 Å². The summed E-state index contributed by atoms with van der Waals surface area (Å²) in [6.45, 7) is 9.70. The first-order valence-corrected chi connectivity index (χ1v) is 6.08. The second-order valence-electron chi connectivity index (χ2n) is 4.06. The molecule has 5 nitrogen and oxygen atoms in total. The Morgan fingerprint density at radius 2 is 2.25 bits per heavy atom. The summed E-state index contributed by atoms with van der Waals surface area (Å²) >= 11 is 0. The van der Waals surface area contributed by atoms with Crippen LogP contribution in [0.5, 0.6) is 0 Å². The summed E-state index contributed by atoms with van der Waals surface area (Å²) in [6.07, 6.45) is 3.85. The first-order chi connectivity index (χ1) is 7.90. The number of nitrogens with one attached hydrogen (secondary N) is 2. The maximum Gasteiger partial charge on any atom is 0.202 e. The van der Waals surface area contributed by atoms with Crippen molar-refractivity contribution in [3.8, 4) is 0 Å². The molecule has 1 fully saturated rings. The molecule has 0 unspecified atom stereocenters. The number of rotatable bonds is 5. The van der Waals surface area contributed by atoms with E-state index < -0.39 is 0 Å². The van der Waals surface area contributed by atoms with E-state index in [0.29, 0.717) is 0 Å². The summed E-state index contributed by atoms with van der Waals surface area (Å²) in [5, 5.41) is 6.74. The normalized spacial score (nSPS) is 17.6. The average molecular weight is 223 g/mol. The van der Waals surface area contributed by atoms with E-state index in [1.54, 1.807) is 0 Å². The summed E-state index contributed by atoms with van der Waals surface area (Å²) in [7, 11) is 0. The number of aromatic nitrogens is 2. The average Bonchev–Trinajstić information content (AvgIpc) is 2.78. The third kappa shape index (κ3) is 2.96. The van der Waals surface area contributed by atoms with Crippen molar-refractivity contribution in [1.29, 1.82) is 0 Å². The van der Waals surface area contributed by atoms with Crippen molar-refractivity contribution in [2.45, 2.75) is 13.5 Å². The van der Waals surface area contributed by atoms with Gasteiger partial charge in [0.05, 0.1) is 0 Å². The fourth-order valence-corrected chi connectivity index (χ4v) is 1.99. The van der Waals surface area contributed by atoms with Gasteiger partial charge in [-0.25, -0.2) is 4.98 Å². The van der Waals surface area contributed by atoms with Crippen LogP contribution in [-0.2, 0) is 6.54 Å².